The normalized spacial score (nSPS) is 16.7. The molecule has 0 aliphatic heterocycles. The van der Waals surface area contributed by atoms with Gasteiger partial charge in [-0.15, -0.1) is 11.3 Å². The Morgan fingerprint density at radius 2 is 2.12 bits per heavy atom. The Labute approximate surface area is 144 Å². The van der Waals surface area contributed by atoms with Crippen LogP contribution < -0.4 is 10.9 Å². The molecule has 1 N–H and O–H groups in total. The molecule has 6 heteroatoms. The summed E-state index contributed by atoms with van der Waals surface area (Å²) < 4.78 is 1.57. The molecule has 3 aromatic heterocycles. The van der Waals surface area contributed by atoms with Crippen LogP contribution in [0.5, 0.6) is 0 Å². The van der Waals surface area contributed by atoms with Crippen LogP contribution in [0.1, 0.15) is 42.1 Å². The van der Waals surface area contributed by atoms with E-state index in [1.807, 2.05) is 25.1 Å². The van der Waals surface area contributed by atoms with Crippen molar-refractivity contribution in [2.75, 3.05) is 0 Å². The molecule has 1 saturated carbocycles. The first kappa shape index (κ1) is 15.5. The zero-order valence-corrected chi connectivity index (χ0v) is 14.5. The molecular formula is C18H20N4OS. The monoisotopic (exact) mass is 340 g/mol. The largest absolute Gasteiger partial charge is 0.300 e. The maximum Gasteiger partial charge on any atom is 0.258 e. The SMILES string of the molecule is Cc1csc(C2(NCc3cc(=O)n4ccccc4n3)CCCC2)n1. The lowest BCUT2D eigenvalue weighted by atomic mass is 9.98. The molecule has 0 unspecified atom stereocenters. The number of rotatable bonds is 4. The number of pyridine rings is 1. The third-order valence-electron chi connectivity index (χ3n) is 4.72. The predicted molar refractivity (Wildman–Crippen MR) is 95.3 cm³/mol. The second-order valence-corrected chi connectivity index (χ2v) is 7.31. The average Bonchev–Trinajstić information content (AvgIpc) is 3.23. The van der Waals surface area contributed by atoms with E-state index in [9.17, 15) is 4.79 Å². The van der Waals surface area contributed by atoms with Gasteiger partial charge in [-0.1, -0.05) is 18.9 Å². The van der Waals surface area contributed by atoms with Crippen LogP contribution in [0, 0.1) is 6.92 Å². The number of aromatic nitrogens is 3. The van der Waals surface area contributed by atoms with Gasteiger partial charge in [0.05, 0.1) is 11.2 Å². The molecule has 0 radical (unpaired) electrons. The topological polar surface area (TPSA) is 59.3 Å². The number of nitrogens with one attached hydrogen (secondary N) is 1. The molecule has 0 saturated heterocycles. The molecule has 0 aromatic carbocycles. The lowest BCUT2D eigenvalue weighted by Gasteiger charge is -2.28. The Morgan fingerprint density at radius 3 is 2.88 bits per heavy atom. The van der Waals surface area contributed by atoms with Crippen LogP contribution in [0.4, 0.5) is 0 Å². The van der Waals surface area contributed by atoms with E-state index in [2.05, 4.69) is 15.7 Å². The van der Waals surface area contributed by atoms with Gasteiger partial charge in [0.15, 0.2) is 0 Å². The van der Waals surface area contributed by atoms with Crippen molar-refractivity contribution in [3.63, 3.8) is 0 Å². The van der Waals surface area contributed by atoms with E-state index in [0.29, 0.717) is 12.2 Å². The first-order valence-corrected chi connectivity index (χ1v) is 9.19. The summed E-state index contributed by atoms with van der Waals surface area (Å²) in [6, 6.07) is 7.22. The summed E-state index contributed by atoms with van der Waals surface area (Å²) in [6.45, 7) is 2.62. The highest BCUT2D eigenvalue weighted by Crippen LogP contribution is 2.40. The average molecular weight is 340 g/mol. The van der Waals surface area contributed by atoms with Crippen molar-refractivity contribution >= 4 is 17.0 Å². The fourth-order valence-electron chi connectivity index (χ4n) is 3.47. The van der Waals surface area contributed by atoms with Crippen molar-refractivity contribution in [2.45, 2.75) is 44.7 Å². The summed E-state index contributed by atoms with van der Waals surface area (Å²) in [5.74, 6) is 0. The number of nitrogens with zero attached hydrogens (tertiary/aromatic N) is 3. The quantitative estimate of drug-likeness (QED) is 0.793. The molecular weight excluding hydrogens is 320 g/mol. The third-order valence-corrected chi connectivity index (χ3v) is 5.88. The Hall–Kier alpha value is -2.05. The molecule has 3 heterocycles. The van der Waals surface area contributed by atoms with E-state index in [1.54, 1.807) is 28.0 Å². The molecule has 4 rings (SSSR count). The van der Waals surface area contributed by atoms with Gasteiger partial charge in [0.1, 0.15) is 10.7 Å². The number of hydrogen-bond donors (Lipinski definition) is 1. The predicted octanol–water partition coefficient (Wildman–Crippen LogP) is 3.02. The third kappa shape index (κ3) is 2.76. The van der Waals surface area contributed by atoms with Gasteiger partial charge in [-0.2, -0.15) is 0 Å². The molecule has 0 amide bonds. The van der Waals surface area contributed by atoms with Crippen LogP contribution in [0.15, 0.2) is 40.6 Å². The van der Waals surface area contributed by atoms with Gasteiger partial charge in [-0.3, -0.25) is 14.5 Å². The summed E-state index contributed by atoms with van der Waals surface area (Å²) in [6.07, 6.45) is 6.34. The van der Waals surface area contributed by atoms with Crippen molar-refractivity contribution < 1.29 is 0 Å². The first-order valence-electron chi connectivity index (χ1n) is 8.31. The Bertz CT molecular complexity index is 924. The van der Waals surface area contributed by atoms with Gasteiger partial charge < -0.3 is 0 Å². The molecule has 3 aromatic rings. The van der Waals surface area contributed by atoms with E-state index in [-0.39, 0.29) is 11.1 Å². The fourth-order valence-corrected chi connectivity index (χ4v) is 4.51. The minimum absolute atomic E-state index is 0.0389. The van der Waals surface area contributed by atoms with Gasteiger partial charge in [0.2, 0.25) is 0 Å². The van der Waals surface area contributed by atoms with Gasteiger partial charge in [0.25, 0.3) is 5.56 Å². The molecule has 5 nitrogen and oxygen atoms in total. The standard InChI is InChI=1S/C18H20N4OS/c1-13-12-24-17(20-13)18(7-3-4-8-18)19-11-14-10-16(23)22-9-5-2-6-15(22)21-14/h2,5-6,9-10,12,19H,3-4,7-8,11H2,1H3. The number of fused-ring (bicyclic) bond motifs is 1. The van der Waals surface area contributed by atoms with Gasteiger partial charge in [-0.25, -0.2) is 9.97 Å². The maximum atomic E-state index is 12.2. The van der Waals surface area contributed by atoms with Crippen molar-refractivity contribution in [1.29, 1.82) is 0 Å². The van der Waals surface area contributed by atoms with Crippen LogP contribution in [0.2, 0.25) is 0 Å². The van der Waals surface area contributed by atoms with Gasteiger partial charge >= 0.3 is 0 Å². The Balaban J connectivity index is 1.62. The smallest absolute Gasteiger partial charge is 0.258 e. The number of thiazole rings is 1. The lowest BCUT2D eigenvalue weighted by Crippen LogP contribution is -2.39. The fraction of sp³-hybridized carbons (Fsp3) is 0.389. The molecule has 0 atom stereocenters. The number of aryl methyl sites for hydroxylation is 1. The zero-order chi connectivity index (χ0) is 16.6. The molecule has 0 spiro atoms. The molecule has 124 valence electrons. The summed E-state index contributed by atoms with van der Waals surface area (Å²) in [5.41, 5.74) is 2.44. The van der Waals surface area contributed by atoms with Crippen molar-refractivity contribution in [3.05, 3.63) is 62.6 Å². The second kappa shape index (κ2) is 6.11. The molecule has 1 aliphatic carbocycles. The van der Waals surface area contributed by atoms with Gasteiger partial charge in [0, 0.05) is 29.9 Å². The van der Waals surface area contributed by atoms with Gasteiger partial charge in [-0.05, 0) is 31.9 Å². The minimum atomic E-state index is -0.0670. The van der Waals surface area contributed by atoms with Crippen molar-refractivity contribution in [1.82, 2.24) is 19.7 Å². The minimum Gasteiger partial charge on any atom is -0.300 e. The van der Waals surface area contributed by atoms with Crippen LogP contribution in [0.3, 0.4) is 0 Å². The van der Waals surface area contributed by atoms with Crippen LogP contribution >= 0.6 is 11.3 Å². The molecule has 0 bridgehead atoms. The highest BCUT2D eigenvalue weighted by molar-refractivity contribution is 7.09. The molecule has 24 heavy (non-hydrogen) atoms. The number of hydrogen-bond acceptors (Lipinski definition) is 5. The van der Waals surface area contributed by atoms with E-state index in [0.717, 1.165) is 29.2 Å². The maximum absolute atomic E-state index is 12.2. The zero-order valence-electron chi connectivity index (χ0n) is 13.7. The lowest BCUT2D eigenvalue weighted by molar-refractivity contribution is 0.335. The van der Waals surface area contributed by atoms with E-state index in [1.165, 1.54) is 12.8 Å². The van der Waals surface area contributed by atoms with Crippen molar-refractivity contribution in [2.24, 2.45) is 0 Å². The van der Waals surface area contributed by atoms with Crippen LogP contribution in [-0.4, -0.2) is 14.4 Å². The molecule has 1 fully saturated rings. The van der Waals surface area contributed by atoms with Crippen molar-refractivity contribution in [3.8, 4) is 0 Å². The van der Waals surface area contributed by atoms with E-state index >= 15 is 0 Å². The first-order chi connectivity index (χ1) is 11.7. The summed E-state index contributed by atoms with van der Waals surface area (Å²) in [4.78, 5) is 21.6. The van der Waals surface area contributed by atoms with E-state index < -0.39 is 0 Å². The molecule has 1 aliphatic rings. The van der Waals surface area contributed by atoms with Crippen LogP contribution in [0.25, 0.3) is 5.65 Å². The highest BCUT2D eigenvalue weighted by Gasteiger charge is 2.37. The summed E-state index contributed by atoms with van der Waals surface area (Å²) in [7, 11) is 0. The highest BCUT2D eigenvalue weighted by atomic mass is 32.1. The summed E-state index contributed by atoms with van der Waals surface area (Å²) >= 11 is 1.73. The Kier molecular flexibility index (Phi) is 3.94. The second-order valence-electron chi connectivity index (χ2n) is 6.45. The van der Waals surface area contributed by atoms with Crippen LogP contribution in [-0.2, 0) is 12.1 Å². The summed E-state index contributed by atoms with van der Waals surface area (Å²) in [5, 5.41) is 6.94. The van der Waals surface area contributed by atoms with E-state index in [4.69, 9.17) is 4.98 Å². The Morgan fingerprint density at radius 1 is 1.29 bits per heavy atom.